The second-order valence-corrected chi connectivity index (χ2v) is 7.04. The summed E-state index contributed by atoms with van der Waals surface area (Å²) in [5.41, 5.74) is 6.41. The van der Waals surface area contributed by atoms with Gasteiger partial charge >= 0.3 is 0 Å². The van der Waals surface area contributed by atoms with E-state index in [0.717, 1.165) is 31.5 Å². The van der Waals surface area contributed by atoms with Crippen LogP contribution in [0.25, 0.3) is 0 Å². The van der Waals surface area contributed by atoms with Crippen LogP contribution in [0.3, 0.4) is 0 Å². The van der Waals surface area contributed by atoms with Crippen molar-refractivity contribution < 1.29 is 4.74 Å². The summed E-state index contributed by atoms with van der Waals surface area (Å²) in [6, 6.07) is 0. The molecule has 1 aliphatic carbocycles. The molecule has 2 fully saturated rings. The molecule has 1 aliphatic heterocycles. The fraction of sp³-hybridized carbons (Fsp3) is 1.00. The molecule has 0 aromatic heterocycles. The molecule has 0 spiro atoms. The van der Waals surface area contributed by atoms with Crippen molar-refractivity contribution in [1.29, 1.82) is 0 Å². The summed E-state index contributed by atoms with van der Waals surface area (Å²) < 4.78 is 5.80. The second kappa shape index (κ2) is 6.55. The standard InChI is InChI=1S/C16H32N2O/c1-13(2)14-6-4-8-16(10-14,12-17)18(3)11-15-7-5-9-19-15/h13-15H,4-12,17H2,1-3H3. The molecule has 0 aromatic rings. The molecule has 0 bridgehead atoms. The van der Waals surface area contributed by atoms with Crippen LogP contribution in [0.2, 0.25) is 0 Å². The Bertz CT molecular complexity index is 276. The lowest BCUT2D eigenvalue weighted by Crippen LogP contribution is -2.56. The van der Waals surface area contributed by atoms with Gasteiger partial charge in [-0.15, -0.1) is 0 Å². The smallest absolute Gasteiger partial charge is 0.0702 e. The third-order valence-electron chi connectivity index (χ3n) is 5.49. The van der Waals surface area contributed by atoms with Crippen LogP contribution in [0.5, 0.6) is 0 Å². The van der Waals surface area contributed by atoms with E-state index in [9.17, 15) is 0 Å². The first-order chi connectivity index (χ1) is 9.07. The Labute approximate surface area is 118 Å². The maximum atomic E-state index is 6.19. The van der Waals surface area contributed by atoms with Crippen molar-refractivity contribution in [3.05, 3.63) is 0 Å². The van der Waals surface area contributed by atoms with Gasteiger partial charge in [0.1, 0.15) is 0 Å². The van der Waals surface area contributed by atoms with E-state index in [-0.39, 0.29) is 5.54 Å². The van der Waals surface area contributed by atoms with E-state index in [1.165, 1.54) is 38.5 Å². The fourth-order valence-corrected chi connectivity index (χ4v) is 3.93. The minimum atomic E-state index is 0.221. The number of likely N-dealkylation sites (N-methyl/N-ethyl adjacent to an activating group) is 1. The summed E-state index contributed by atoms with van der Waals surface area (Å²) >= 11 is 0. The lowest BCUT2D eigenvalue weighted by molar-refractivity contribution is 0.00305. The molecular formula is C16H32N2O. The Kier molecular flexibility index (Phi) is 5.27. The first-order valence-corrected chi connectivity index (χ1v) is 8.10. The molecule has 112 valence electrons. The van der Waals surface area contributed by atoms with Crippen LogP contribution in [-0.2, 0) is 4.74 Å². The van der Waals surface area contributed by atoms with Crippen LogP contribution in [0.4, 0.5) is 0 Å². The Morgan fingerprint density at radius 1 is 1.32 bits per heavy atom. The van der Waals surface area contributed by atoms with Crippen molar-refractivity contribution in [2.45, 2.75) is 64.0 Å². The maximum Gasteiger partial charge on any atom is 0.0702 e. The van der Waals surface area contributed by atoms with E-state index in [0.29, 0.717) is 6.10 Å². The molecule has 2 aliphatic rings. The molecule has 3 heteroatoms. The van der Waals surface area contributed by atoms with Gasteiger partial charge in [0.2, 0.25) is 0 Å². The molecule has 3 nitrogen and oxygen atoms in total. The average Bonchev–Trinajstić information content (AvgIpc) is 2.91. The van der Waals surface area contributed by atoms with Crippen LogP contribution in [0, 0.1) is 11.8 Å². The molecule has 2 rings (SSSR count). The molecule has 3 atom stereocenters. The van der Waals surface area contributed by atoms with Gasteiger partial charge in [-0.1, -0.05) is 26.7 Å². The molecule has 0 aromatic carbocycles. The van der Waals surface area contributed by atoms with Crippen molar-refractivity contribution in [1.82, 2.24) is 4.90 Å². The molecule has 3 unspecified atom stereocenters. The van der Waals surface area contributed by atoms with E-state index in [4.69, 9.17) is 10.5 Å². The molecule has 19 heavy (non-hydrogen) atoms. The third-order valence-corrected chi connectivity index (χ3v) is 5.49. The van der Waals surface area contributed by atoms with Crippen molar-refractivity contribution in [2.75, 3.05) is 26.7 Å². The van der Waals surface area contributed by atoms with Gasteiger partial charge < -0.3 is 10.5 Å². The van der Waals surface area contributed by atoms with E-state index in [1.807, 2.05) is 0 Å². The Hall–Kier alpha value is -0.120. The zero-order valence-corrected chi connectivity index (χ0v) is 13.0. The minimum Gasteiger partial charge on any atom is -0.377 e. The Balaban J connectivity index is 1.98. The van der Waals surface area contributed by atoms with Gasteiger partial charge in [0.15, 0.2) is 0 Å². The minimum absolute atomic E-state index is 0.221. The van der Waals surface area contributed by atoms with E-state index < -0.39 is 0 Å². The van der Waals surface area contributed by atoms with Gasteiger partial charge in [-0.3, -0.25) is 4.90 Å². The lowest BCUT2D eigenvalue weighted by Gasteiger charge is -2.48. The van der Waals surface area contributed by atoms with Crippen molar-refractivity contribution >= 4 is 0 Å². The normalized spacial score (nSPS) is 36.3. The molecule has 1 saturated carbocycles. The predicted octanol–water partition coefficient (Wildman–Crippen LogP) is 2.64. The Morgan fingerprint density at radius 3 is 2.68 bits per heavy atom. The molecule has 0 radical (unpaired) electrons. The number of hydrogen-bond donors (Lipinski definition) is 1. The third kappa shape index (κ3) is 3.50. The number of rotatable bonds is 5. The van der Waals surface area contributed by atoms with E-state index >= 15 is 0 Å². The first kappa shape index (κ1) is 15.3. The number of nitrogens with two attached hydrogens (primary N) is 1. The highest BCUT2D eigenvalue weighted by Crippen LogP contribution is 2.39. The van der Waals surface area contributed by atoms with Gasteiger partial charge in [0.25, 0.3) is 0 Å². The van der Waals surface area contributed by atoms with Crippen LogP contribution >= 0.6 is 0 Å². The summed E-state index contributed by atoms with van der Waals surface area (Å²) in [5.74, 6) is 1.62. The van der Waals surface area contributed by atoms with Crippen LogP contribution in [-0.4, -0.2) is 43.3 Å². The van der Waals surface area contributed by atoms with Gasteiger partial charge in [0.05, 0.1) is 6.10 Å². The highest BCUT2D eigenvalue weighted by atomic mass is 16.5. The van der Waals surface area contributed by atoms with E-state index in [2.05, 4.69) is 25.8 Å². The lowest BCUT2D eigenvalue weighted by atomic mass is 9.71. The summed E-state index contributed by atoms with van der Waals surface area (Å²) in [7, 11) is 2.26. The SMILES string of the molecule is CC(C)C1CCCC(CN)(N(C)CC2CCCO2)C1. The fourth-order valence-electron chi connectivity index (χ4n) is 3.93. The van der Waals surface area contributed by atoms with Crippen LogP contribution < -0.4 is 5.73 Å². The number of ether oxygens (including phenoxy) is 1. The summed E-state index contributed by atoms with van der Waals surface area (Å²) in [5, 5.41) is 0. The van der Waals surface area contributed by atoms with Crippen molar-refractivity contribution in [2.24, 2.45) is 17.6 Å². The van der Waals surface area contributed by atoms with Gasteiger partial charge in [-0.05, 0) is 44.6 Å². The highest BCUT2D eigenvalue weighted by Gasteiger charge is 2.40. The summed E-state index contributed by atoms with van der Waals surface area (Å²) in [6.45, 7) is 7.51. The number of hydrogen-bond acceptors (Lipinski definition) is 3. The zero-order chi connectivity index (χ0) is 13.9. The van der Waals surface area contributed by atoms with Crippen molar-refractivity contribution in [3.63, 3.8) is 0 Å². The largest absolute Gasteiger partial charge is 0.377 e. The highest BCUT2D eigenvalue weighted by molar-refractivity contribution is 4.97. The van der Waals surface area contributed by atoms with Crippen LogP contribution in [0.1, 0.15) is 52.4 Å². The van der Waals surface area contributed by atoms with Crippen molar-refractivity contribution in [3.8, 4) is 0 Å². The van der Waals surface area contributed by atoms with Gasteiger partial charge in [-0.2, -0.15) is 0 Å². The van der Waals surface area contributed by atoms with Crippen LogP contribution in [0.15, 0.2) is 0 Å². The quantitative estimate of drug-likeness (QED) is 0.833. The topological polar surface area (TPSA) is 38.5 Å². The summed E-state index contributed by atoms with van der Waals surface area (Å²) in [4.78, 5) is 2.53. The number of nitrogens with zero attached hydrogens (tertiary/aromatic N) is 1. The predicted molar refractivity (Wildman–Crippen MR) is 80.2 cm³/mol. The van der Waals surface area contributed by atoms with Gasteiger partial charge in [-0.25, -0.2) is 0 Å². The maximum absolute atomic E-state index is 6.19. The first-order valence-electron chi connectivity index (χ1n) is 8.10. The average molecular weight is 268 g/mol. The summed E-state index contributed by atoms with van der Waals surface area (Å²) in [6.07, 6.45) is 8.12. The molecule has 0 amide bonds. The molecule has 1 saturated heterocycles. The second-order valence-electron chi connectivity index (χ2n) is 7.04. The van der Waals surface area contributed by atoms with Gasteiger partial charge in [0, 0.05) is 25.2 Å². The zero-order valence-electron chi connectivity index (χ0n) is 13.0. The molecular weight excluding hydrogens is 236 g/mol. The Morgan fingerprint density at radius 2 is 2.11 bits per heavy atom. The monoisotopic (exact) mass is 268 g/mol. The molecule has 2 N–H and O–H groups in total. The van der Waals surface area contributed by atoms with E-state index in [1.54, 1.807) is 0 Å². The molecule has 1 heterocycles.